The van der Waals surface area contributed by atoms with E-state index in [4.69, 9.17) is 9.84 Å². The predicted octanol–water partition coefficient (Wildman–Crippen LogP) is 3.32. The van der Waals surface area contributed by atoms with Gasteiger partial charge in [-0.15, -0.1) is 0 Å². The largest absolute Gasteiger partial charge is 0.492 e. The quantitative estimate of drug-likeness (QED) is 0.664. The Kier molecular flexibility index (Phi) is 6.45. The number of carbonyl (C=O) groups is 2. The summed E-state index contributed by atoms with van der Waals surface area (Å²) >= 11 is 3.41. The van der Waals surface area contributed by atoms with Crippen molar-refractivity contribution in [2.45, 2.75) is 38.6 Å². The van der Waals surface area contributed by atoms with Gasteiger partial charge in [-0.3, -0.25) is 9.59 Å². The first-order valence-corrected chi connectivity index (χ1v) is 8.68. The standard InChI is InChI=1S/C17H22BrNO4/c1-12(17(21)22)11-19(13-8-9-13)16(20)7-4-10-23-15-6-3-2-5-14(15)18/h2-3,5-6,12-13H,4,7-11H2,1H3,(H,21,22). The Hall–Kier alpha value is -1.56. The van der Waals surface area contributed by atoms with Crippen molar-refractivity contribution in [3.05, 3.63) is 28.7 Å². The summed E-state index contributed by atoms with van der Waals surface area (Å²) in [4.78, 5) is 25.0. The number of nitrogens with zero attached hydrogens (tertiary/aromatic N) is 1. The summed E-state index contributed by atoms with van der Waals surface area (Å²) in [5.41, 5.74) is 0. The summed E-state index contributed by atoms with van der Waals surface area (Å²) in [6.45, 7) is 2.40. The summed E-state index contributed by atoms with van der Waals surface area (Å²) in [6, 6.07) is 7.82. The van der Waals surface area contributed by atoms with E-state index in [0.717, 1.165) is 23.1 Å². The molecular formula is C17H22BrNO4. The molecule has 6 heteroatoms. The Bertz CT molecular complexity index is 559. The number of carboxylic acid groups (broad SMARTS) is 1. The molecule has 2 rings (SSSR count). The van der Waals surface area contributed by atoms with Gasteiger partial charge in [-0.25, -0.2) is 0 Å². The van der Waals surface area contributed by atoms with Gasteiger partial charge in [0.05, 0.1) is 17.0 Å². The lowest BCUT2D eigenvalue weighted by Crippen LogP contribution is -2.38. The first-order valence-electron chi connectivity index (χ1n) is 7.88. The first-order chi connectivity index (χ1) is 11.0. The van der Waals surface area contributed by atoms with Crippen LogP contribution in [0.15, 0.2) is 28.7 Å². The molecular weight excluding hydrogens is 362 g/mol. The van der Waals surface area contributed by atoms with Crippen LogP contribution in [0.3, 0.4) is 0 Å². The van der Waals surface area contributed by atoms with Crippen molar-refractivity contribution >= 4 is 27.8 Å². The van der Waals surface area contributed by atoms with E-state index in [1.165, 1.54) is 0 Å². The van der Waals surface area contributed by atoms with Gasteiger partial charge < -0.3 is 14.7 Å². The molecule has 1 atom stereocenters. The molecule has 126 valence electrons. The second-order valence-corrected chi connectivity index (χ2v) is 6.75. The molecule has 1 aromatic carbocycles. The third kappa shape index (κ3) is 5.53. The summed E-state index contributed by atoms with van der Waals surface area (Å²) in [7, 11) is 0. The predicted molar refractivity (Wildman–Crippen MR) is 90.4 cm³/mol. The highest BCUT2D eigenvalue weighted by Crippen LogP contribution is 2.28. The average molecular weight is 384 g/mol. The Morgan fingerprint density at radius 3 is 2.70 bits per heavy atom. The maximum atomic E-state index is 12.3. The Morgan fingerprint density at radius 2 is 2.09 bits per heavy atom. The number of halogens is 1. The zero-order valence-corrected chi connectivity index (χ0v) is 14.8. The number of rotatable bonds is 9. The number of hydrogen-bond acceptors (Lipinski definition) is 3. The topological polar surface area (TPSA) is 66.8 Å². The average Bonchev–Trinajstić information content (AvgIpc) is 3.34. The normalized spacial score (nSPS) is 15.0. The molecule has 23 heavy (non-hydrogen) atoms. The van der Waals surface area contributed by atoms with E-state index in [2.05, 4.69) is 15.9 Å². The minimum Gasteiger partial charge on any atom is -0.492 e. The van der Waals surface area contributed by atoms with Crippen molar-refractivity contribution in [2.75, 3.05) is 13.2 Å². The molecule has 1 N–H and O–H groups in total. The number of para-hydroxylation sites is 1. The molecule has 0 aromatic heterocycles. The van der Waals surface area contributed by atoms with Crippen LogP contribution in [-0.2, 0) is 9.59 Å². The highest BCUT2D eigenvalue weighted by Gasteiger charge is 2.34. The number of hydrogen-bond donors (Lipinski definition) is 1. The number of amides is 1. The van der Waals surface area contributed by atoms with Crippen LogP contribution < -0.4 is 4.74 Å². The molecule has 1 aliphatic rings. The van der Waals surface area contributed by atoms with Crippen molar-refractivity contribution in [3.63, 3.8) is 0 Å². The first kappa shape index (κ1) is 17.8. The third-order valence-corrected chi connectivity index (χ3v) is 4.48. The minimum absolute atomic E-state index is 0.0244. The Balaban J connectivity index is 1.76. The minimum atomic E-state index is -0.860. The molecule has 1 aliphatic carbocycles. The molecule has 0 aliphatic heterocycles. The third-order valence-electron chi connectivity index (χ3n) is 3.83. The molecule has 0 heterocycles. The maximum Gasteiger partial charge on any atom is 0.308 e. The summed E-state index contributed by atoms with van der Waals surface area (Å²) < 4.78 is 6.54. The molecule has 1 unspecified atom stereocenters. The van der Waals surface area contributed by atoms with Crippen LogP contribution in [0.1, 0.15) is 32.6 Å². The molecule has 5 nitrogen and oxygen atoms in total. The van der Waals surface area contributed by atoms with Crippen LogP contribution in [0, 0.1) is 5.92 Å². The van der Waals surface area contributed by atoms with E-state index in [1.807, 2.05) is 24.3 Å². The van der Waals surface area contributed by atoms with Crippen LogP contribution in [0.25, 0.3) is 0 Å². The number of ether oxygens (including phenoxy) is 1. The van der Waals surface area contributed by atoms with E-state index < -0.39 is 11.9 Å². The summed E-state index contributed by atoms with van der Waals surface area (Å²) in [6.07, 6.45) is 2.95. The fraction of sp³-hybridized carbons (Fsp3) is 0.529. The van der Waals surface area contributed by atoms with E-state index in [-0.39, 0.29) is 11.9 Å². The zero-order chi connectivity index (χ0) is 16.8. The van der Waals surface area contributed by atoms with Gasteiger partial charge in [0, 0.05) is 19.0 Å². The van der Waals surface area contributed by atoms with Gasteiger partial charge >= 0.3 is 5.97 Å². The highest BCUT2D eigenvalue weighted by atomic mass is 79.9. The summed E-state index contributed by atoms with van der Waals surface area (Å²) in [5, 5.41) is 9.02. The Morgan fingerprint density at radius 1 is 1.39 bits per heavy atom. The highest BCUT2D eigenvalue weighted by molar-refractivity contribution is 9.10. The molecule has 1 saturated carbocycles. The van der Waals surface area contributed by atoms with Crippen molar-refractivity contribution < 1.29 is 19.4 Å². The molecule has 1 amide bonds. The van der Waals surface area contributed by atoms with E-state index >= 15 is 0 Å². The number of aliphatic carboxylic acids is 1. The van der Waals surface area contributed by atoms with Gasteiger partial charge in [0.15, 0.2) is 0 Å². The zero-order valence-electron chi connectivity index (χ0n) is 13.2. The SMILES string of the molecule is CC(CN(C(=O)CCCOc1ccccc1Br)C1CC1)C(=O)O. The molecule has 0 radical (unpaired) electrons. The van der Waals surface area contributed by atoms with E-state index in [9.17, 15) is 9.59 Å². The van der Waals surface area contributed by atoms with Crippen molar-refractivity contribution in [1.29, 1.82) is 0 Å². The van der Waals surface area contributed by atoms with Gasteiger partial charge in [-0.2, -0.15) is 0 Å². The Labute approximate surface area is 144 Å². The van der Waals surface area contributed by atoms with Crippen molar-refractivity contribution in [2.24, 2.45) is 5.92 Å². The van der Waals surface area contributed by atoms with Crippen molar-refractivity contribution in [1.82, 2.24) is 4.90 Å². The van der Waals surface area contributed by atoms with Crippen LogP contribution in [0.2, 0.25) is 0 Å². The molecule has 1 aromatic rings. The van der Waals surface area contributed by atoms with Crippen LogP contribution >= 0.6 is 15.9 Å². The lowest BCUT2D eigenvalue weighted by Gasteiger charge is -2.24. The lowest BCUT2D eigenvalue weighted by atomic mass is 10.1. The lowest BCUT2D eigenvalue weighted by molar-refractivity contribution is -0.143. The smallest absolute Gasteiger partial charge is 0.308 e. The fourth-order valence-electron chi connectivity index (χ4n) is 2.32. The van der Waals surface area contributed by atoms with Crippen LogP contribution in [-0.4, -0.2) is 41.1 Å². The van der Waals surface area contributed by atoms with Crippen LogP contribution in [0.4, 0.5) is 0 Å². The number of carbonyl (C=O) groups excluding carboxylic acids is 1. The van der Waals surface area contributed by atoms with Gasteiger partial charge in [-0.05, 0) is 47.3 Å². The molecule has 1 fully saturated rings. The summed E-state index contributed by atoms with van der Waals surface area (Å²) in [5.74, 6) is -0.605. The van der Waals surface area contributed by atoms with Crippen LogP contribution in [0.5, 0.6) is 5.75 Å². The monoisotopic (exact) mass is 383 g/mol. The van der Waals surface area contributed by atoms with Gasteiger partial charge in [0.2, 0.25) is 5.91 Å². The number of carboxylic acids is 1. The number of benzene rings is 1. The molecule has 0 bridgehead atoms. The maximum absolute atomic E-state index is 12.3. The molecule has 0 saturated heterocycles. The van der Waals surface area contributed by atoms with Gasteiger partial charge in [0.1, 0.15) is 5.75 Å². The second-order valence-electron chi connectivity index (χ2n) is 5.90. The van der Waals surface area contributed by atoms with Gasteiger partial charge in [0.25, 0.3) is 0 Å². The van der Waals surface area contributed by atoms with E-state index in [1.54, 1.807) is 11.8 Å². The van der Waals surface area contributed by atoms with E-state index in [0.29, 0.717) is 26.0 Å². The second kappa shape index (κ2) is 8.34. The molecule has 0 spiro atoms. The van der Waals surface area contributed by atoms with Gasteiger partial charge in [-0.1, -0.05) is 19.1 Å². The van der Waals surface area contributed by atoms with Crippen molar-refractivity contribution in [3.8, 4) is 5.75 Å². The fourth-order valence-corrected chi connectivity index (χ4v) is 2.72.